The molecule has 1 N–H and O–H groups in total. The van der Waals surface area contributed by atoms with Crippen molar-refractivity contribution in [1.29, 1.82) is 0 Å². The van der Waals surface area contributed by atoms with Gasteiger partial charge in [-0.25, -0.2) is 0 Å². The highest BCUT2D eigenvalue weighted by molar-refractivity contribution is 5.96. The fourth-order valence-electron chi connectivity index (χ4n) is 2.24. The van der Waals surface area contributed by atoms with E-state index < -0.39 is 6.04 Å². The molecule has 1 aliphatic heterocycles. The first-order valence-corrected chi connectivity index (χ1v) is 7.16. The van der Waals surface area contributed by atoms with E-state index in [1.54, 1.807) is 11.8 Å². The molecule has 1 saturated heterocycles. The lowest BCUT2D eigenvalue weighted by Crippen LogP contribution is -2.62. The summed E-state index contributed by atoms with van der Waals surface area (Å²) in [5.41, 5.74) is 0. The minimum atomic E-state index is -0.410. The molecule has 0 radical (unpaired) electrons. The van der Waals surface area contributed by atoms with Gasteiger partial charge in [-0.2, -0.15) is 0 Å². The fraction of sp³-hybridized carbons (Fsp3) is 0.857. The summed E-state index contributed by atoms with van der Waals surface area (Å²) >= 11 is 0. The third-order valence-corrected chi connectivity index (χ3v) is 3.22. The zero-order valence-electron chi connectivity index (χ0n) is 12.4. The lowest BCUT2D eigenvalue weighted by atomic mass is 10.1. The van der Waals surface area contributed by atoms with E-state index >= 15 is 0 Å². The van der Waals surface area contributed by atoms with Gasteiger partial charge in [0.2, 0.25) is 11.8 Å². The van der Waals surface area contributed by atoms with Crippen molar-refractivity contribution in [3.8, 4) is 0 Å². The van der Waals surface area contributed by atoms with Gasteiger partial charge in [-0.3, -0.25) is 9.59 Å². The Morgan fingerprint density at radius 3 is 2.63 bits per heavy atom. The Kier molecular flexibility index (Phi) is 6.28. The molecule has 1 aliphatic rings. The molecule has 0 aromatic heterocycles. The van der Waals surface area contributed by atoms with Crippen LogP contribution in [0, 0.1) is 5.92 Å². The first-order chi connectivity index (χ1) is 8.97. The topological polar surface area (TPSA) is 58.6 Å². The Hall–Kier alpha value is -1.10. The van der Waals surface area contributed by atoms with Crippen molar-refractivity contribution in [2.24, 2.45) is 5.92 Å². The van der Waals surface area contributed by atoms with Crippen LogP contribution >= 0.6 is 0 Å². The summed E-state index contributed by atoms with van der Waals surface area (Å²) in [4.78, 5) is 25.6. The van der Waals surface area contributed by atoms with E-state index in [4.69, 9.17) is 4.74 Å². The number of carbonyl (C=O) groups is 2. The molecule has 110 valence electrons. The first kappa shape index (κ1) is 16.0. The number of rotatable bonds is 7. The van der Waals surface area contributed by atoms with Gasteiger partial charge < -0.3 is 15.0 Å². The van der Waals surface area contributed by atoms with Crippen LogP contribution in [0.5, 0.6) is 0 Å². The van der Waals surface area contributed by atoms with E-state index in [0.29, 0.717) is 25.5 Å². The molecule has 5 heteroatoms. The van der Waals surface area contributed by atoms with Crippen LogP contribution in [0.2, 0.25) is 0 Å². The lowest BCUT2D eigenvalue weighted by Gasteiger charge is -2.37. The minimum Gasteiger partial charge on any atom is -0.381 e. The van der Waals surface area contributed by atoms with Gasteiger partial charge >= 0.3 is 0 Å². The van der Waals surface area contributed by atoms with Crippen molar-refractivity contribution in [3.05, 3.63) is 0 Å². The Labute approximate surface area is 115 Å². The van der Waals surface area contributed by atoms with Crippen molar-refractivity contribution in [1.82, 2.24) is 10.2 Å². The van der Waals surface area contributed by atoms with Crippen molar-refractivity contribution in [2.75, 3.05) is 19.8 Å². The van der Waals surface area contributed by atoms with E-state index in [9.17, 15) is 9.59 Å². The molecule has 0 spiro atoms. The summed E-state index contributed by atoms with van der Waals surface area (Å²) in [6.45, 7) is 9.83. The van der Waals surface area contributed by atoms with Crippen molar-refractivity contribution in [3.63, 3.8) is 0 Å². The molecule has 0 aromatic rings. The quantitative estimate of drug-likeness (QED) is 0.707. The predicted octanol–water partition coefficient (Wildman–Crippen LogP) is 1.17. The molecule has 1 rings (SSSR count). The standard InChI is InChI=1S/C14H26N2O3/c1-5-12-13(17)15-11(4)14(18)16(12)7-6-8-19-9-10(2)3/h10-12H,5-9H2,1-4H3,(H,15,17). The van der Waals surface area contributed by atoms with Gasteiger partial charge in [-0.15, -0.1) is 0 Å². The van der Waals surface area contributed by atoms with Gasteiger partial charge in [0.1, 0.15) is 12.1 Å². The maximum absolute atomic E-state index is 12.1. The first-order valence-electron chi connectivity index (χ1n) is 7.16. The normalized spacial score (nSPS) is 23.9. The van der Waals surface area contributed by atoms with Gasteiger partial charge in [0.05, 0.1) is 0 Å². The smallest absolute Gasteiger partial charge is 0.245 e. The monoisotopic (exact) mass is 270 g/mol. The van der Waals surface area contributed by atoms with Gasteiger partial charge in [-0.1, -0.05) is 20.8 Å². The van der Waals surface area contributed by atoms with Crippen LogP contribution < -0.4 is 5.32 Å². The Morgan fingerprint density at radius 1 is 1.37 bits per heavy atom. The molecule has 0 bridgehead atoms. The van der Waals surface area contributed by atoms with Gasteiger partial charge in [0.15, 0.2) is 0 Å². The lowest BCUT2D eigenvalue weighted by molar-refractivity contribution is -0.149. The number of hydrogen-bond donors (Lipinski definition) is 1. The largest absolute Gasteiger partial charge is 0.381 e. The van der Waals surface area contributed by atoms with E-state index in [1.807, 2.05) is 6.92 Å². The second-order valence-corrected chi connectivity index (χ2v) is 5.51. The second kappa shape index (κ2) is 7.48. The third-order valence-electron chi connectivity index (χ3n) is 3.22. The average Bonchev–Trinajstić information content (AvgIpc) is 2.34. The van der Waals surface area contributed by atoms with Crippen LogP contribution in [0.4, 0.5) is 0 Å². The number of nitrogens with one attached hydrogen (secondary N) is 1. The van der Waals surface area contributed by atoms with Crippen LogP contribution in [-0.4, -0.2) is 48.6 Å². The molecule has 2 atom stereocenters. The number of hydrogen-bond acceptors (Lipinski definition) is 3. The molecule has 2 unspecified atom stereocenters. The molecule has 1 heterocycles. The predicted molar refractivity (Wildman–Crippen MR) is 73.7 cm³/mol. The minimum absolute atomic E-state index is 0.00955. The molecule has 2 amide bonds. The zero-order chi connectivity index (χ0) is 14.4. The van der Waals surface area contributed by atoms with Crippen molar-refractivity contribution in [2.45, 2.75) is 52.6 Å². The van der Waals surface area contributed by atoms with Crippen LogP contribution in [0.3, 0.4) is 0 Å². The highest BCUT2D eigenvalue weighted by Crippen LogP contribution is 2.13. The van der Waals surface area contributed by atoms with Crippen LogP contribution in [0.1, 0.15) is 40.5 Å². The Bertz CT molecular complexity index is 318. The molecule has 1 fully saturated rings. The van der Waals surface area contributed by atoms with E-state index in [0.717, 1.165) is 13.0 Å². The van der Waals surface area contributed by atoms with Gasteiger partial charge in [0.25, 0.3) is 0 Å². The number of carbonyl (C=O) groups excluding carboxylic acids is 2. The highest BCUT2D eigenvalue weighted by atomic mass is 16.5. The fourth-order valence-corrected chi connectivity index (χ4v) is 2.24. The summed E-state index contributed by atoms with van der Waals surface area (Å²) in [5.74, 6) is 0.485. The summed E-state index contributed by atoms with van der Waals surface area (Å²) < 4.78 is 5.51. The molecular weight excluding hydrogens is 244 g/mol. The van der Waals surface area contributed by atoms with E-state index in [-0.39, 0.29) is 17.9 Å². The van der Waals surface area contributed by atoms with Crippen LogP contribution in [-0.2, 0) is 14.3 Å². The van der Waals surface area contributed by atoms with Crippen LogP contribution in [0.25, 0.3) is 0 Å². The van der Waals surface area contributed by atoms with E-state index in [1.165, 1.54) is 0 Å². The van der Waals surface area contributed by atoms with Crippen molar-refractivity contribution >= 4 is 11.8 Å². The maximum Gasteiger partial charge on any atom is 0.245 e. The molecule has 5 nitrogen and oxygen atoms in total. The molecule has 0 aromatic carbocycles. The number of nitrogens with zero attached hydrogens (tertiary/aromatic N) is 1. The summed E-state index contributed by atoms with van der Waals surface area (Å²) in [6.07, 6.45) is 1.42. The SMILES string of the molecule is CCC1C(=O)NC(C)C(=O)N1CCCOCC(C)C. The number of ether oxygens (including phenoxy) is 1. The Morgan fingerprint density at radius 2 is 2.05 bits per heavy atom. The molecular formula is C14H26N2O3. The zero-order valence-corrected chi connectivity index (χ0v) is 12.4. The number of amides is 2. The Balaban J connectivity index is 2.43. The second-order valence-electron chi connectivity index (χ2n) is 5.51. The summed E-state index contributed by atoms with van der Waals surface area (Å²) in [7, 11) is 0. The third kappa shape index (κ3) is 4.49. The van der Waals surface area contributed by atoms with Gasteiger partial charge in [0, 0.05) is 19.8 Å². The van der Waals surface area contributed by atoms with Crippen molar-refractivity contribution < 1.29 is 14.3 Å². The van der Waals surface area contributed by atoms with Gasteiger partial charge in [-0.05, 0) is 25.7 Å². The average molecular weight is 270 g/mol. The number of piperazine rings is 1. The van der Waals surface area contributed by atoms with Crippen LogP contribution in [0.15, 0.2) is 0 Å². The maximum atomic E-state index is 12.1. The summed E-state index contributed by atoms with van der Waals surface area (Å²) in [6, 6.07) is -0.735. The molecule has 0 aliphatic carbocycles. The molecule has 0 saturated carbocycles. The summed E-state index contributed by atoms with van der Waals surface area (Å²) in [5, 5.41) is 2.72. The van der Waals surface area contributed by atoms with E-state index in [2.05, 4.69) is 19.2 Å². The molecule has 19 heavy (non-hydrogen) atoms. The highest BCUT2D eigenvalue weighted by Gasteiger charge is 2.36.